The summed E-state index contributed by atoms with van der Waals surface area (Å²) in [5.41, 5.74) is 3.61. The Morgan fingerprint density at radius 2 is 1.56 bits per heavy atom. The molecule has 2 saturated heterocycles. The molecule has 250 valence electrons. The van der Waals surface area contributed by atoms with Crippen LogP contribution in [0.1, 0.15) is 25.5 Å². The van der Waals surface area contributed by atoms with E-state index < -0.39 is 5.79 Å². The van der Waals surface area contributed by atoms with Gasteiger partial charge in [-0.2, -0.15) is 10.2 Å². The maximum atomic E-state index is 12.6. The van der Waals surface area contributed by atoms with E-state index in [1.54, 1.807) is 34.0 Å². The lowest BCUT2D eigenvalue weighted by molar-refractivity contribution is -0.190. The van der Waals surface area contributed by atoms with Gasteiger partial charge in [-0.05, 0) is 74.5 Å². The predicted octanol–water partition coefficient (Wildman–Crippen LogP) is 5.19. The first-order valence-electron chi connectivity index (χ1n) is 15.9. The summed E-state index contributed by atoms with van der Waals surface area (Å²) in [5.74, 6) is -0.411. The second kappa shape index (κ2) is 13.6. The number of hydrogen-bond acceptors (Lipinski definition) is 9. The highest BCUT2D eigenvalue weighted by atomic mass is 35.5. The Morgan fingerprint density at radius 3 is 2.17 bits per heavy atom. The molecule has 0 aliphatic carbocycles. The van der Waals surface area contributed by atoms with Crippen LogP contribution in [0.3, 0.4) is 0 Å². The Bertz CT molecular complexity index is 1890. The number of hydrogen-bond donors (Lipinski definition) is 0. The van der Waals surface area contributed by atoms with Crippen molar-refractivity contribution in [1.82, 2.24) is 29.1 Å². The van der Waals surface area contributed by atoms with E-state index in [2.05, 4.69) is 49.2 Å². The van der Waals surface area contributed by atoms with Crippen molar-refractivity contribution >= 4 is 34.6 Å². The molecule has 2 aliphatic rings. The van der Waals surface area contributed by atoms with Crippen LogP contribution in [0.15, 0.2) is 90.5 Å². The van der Waals surface area contributed by atoms with Gasteiger partial charge in [0.25, 0.3) is 0 Å². The van der Waals surface area contributed by atoms with Gasteiger partial charge in [-0.15, -0.1) is 0 Å². The van der Waals surface area contributed by atoms with E-state index in [4.69, 9.17) is 37.4 Å². The van der Waals surface area contributed by atoms with E-state index in [9.17, 15) is 4.79 Å². The first kappa shape index (κ1) is 32.2. The molecule has 12 nitrogen and oxygen atoms in total. The quantitative estimate of drug-likeness (QED) is 0.196. The smallest absolute Gasteiger partial charge is 0.350 e. The van der Waals surface area contributed by atoms with Gasteiger partial charge in [0, 0.05) is 48.1 Å². The van der Waals surface area contributed by atoms with Gasteiger partial charge in [-0.3, -0.25) is 0 Å². The fourth-order valence-electron chi connectivity index (χ4n) is 6.12. The Balaban J connectivity index is 0.929. The standard InChI is InChI=1S/C34H36Cl2N8O4/c1-24(2)44-33(45)43(23-39-44)28-6-4-26(5-7-28)40-13-15-41(16-14-40)27-8-10-29(11-9-27)46-18-30-19-47-34(48-30,20-42-22-37-21-38-42)31-12-3-25(35)17-32(31)36/h3-12,17,21-24,30H,13-16,18-20H2,1-2H3/t30-,34-/m0/s1. The first-order chi connectivity index (χ1) is 23.3. The minimum atomic E-state index is -1.16. The van der Waals surface area contributed by atoms with Crippen LogP contribution in [0.25, 0.3) is 5.69 Å². The van der Waals surface area contributed by atoms with Crippen LogP contribution < -0.4 is 20.2 Å². The summed E-state index contributed by atoms with van der Waals surface area (Å²) in [6.45, 7) is 8.32. The summed E-state index contributed by atoms with van der Waals surface area (Å²) in [4.78, 5) is 21.4. The van der Waals surface area contributed by atoms with Crippen LogP contribution >= 0.6 is 23.2 Å². The van der Waals surface area contributed by atoms with Gasteiger partial charge in [-0.25, -0.2) is 23.7 Å². The van der Waals surface area contributed by atoms with Gasteiger partial charge in [0.15, 0.2) is 0 Å². The van der Waals surface area contributed by atoms with E-state index in [-0.39, 0.29) is 24.4 Å². The monoisotopic (exact) mass is 690 g/mol. The van der Waals surface area contributed by atoms with Crippen LogP contribution in [0.2, 0.25) is 10.0 Å². The molecule has 48 heavy (non-hydrogen) atoms. The van der Waals surface area contributed by atoms with Crippen molar-refractivity contribution in [3.63, 3.8) is 0 Å². The molecule has 14 heteroatoms. The van der Waals surface area contributed by atoms with Gasteiger partial charge in [0.05, 0.1) is 23.4 Å². The summed E-state index contributed by atoms with van der Waals surface area (Å²) in [5, 5.41) is 9.43. The lowest BCUT2D eigenvalue weighted by atomic mass is 10.1. The summed E-state index contributed by atoms with van der Waals surface area (Å²) in [6, 6.07) is 21.5. The largest absolute Gasteiger partial charge is 0.491 e. The minimum absolute atomic E-state index is 0.0136. The Hall–Kier alpha value is -4.36. The summed E-state index contributed by atoms with van der Waals surface area (Å²) >= 11 is 12.7. The van der Waals surface area contributed by atoms with Crippen molar-refractivity contribution in [1.29, 1.82) is 0 Å². The number of aromatic nitrogens is 6. The maximum Gasteiger partial charge on any atom is 0.350 e. The van der Waals surface area contributed by atoms with Crippen LogP contribution in [0.5, 0.6) is 5.75 Å². The number of halogens is 2. The van der Waals surface area contributed by atoms with Crippen LogP contribution in [-0.4, -0.2) is 74.6 Å². The molecule has 0 amide bonds. The number of anilines is 2. The van der Waals surface area contributed by atoms with Crippen molar-refractivity contribution in [3.05, 3.63) is 112 Å². The van der Waals surface area contributed by atoms with Gasteiger partial charge < -0.3 is 24.0 Å². The van der Waals surface area contributed by atoms with E-state index in [1.165, 1.54) is 11.0 Å². The van der Waals surface area contributed by atoms with E-state index in [1.807, 2.05) is 44.2 Å². The summed E-state index contributed by atoms with van der Waals surface area (Å²) < 4.78 is 23.6. The van der Waals surface area contributed by atoms with Gasteiger partial charge in [0.2, 0.25) is 5.79 Å². The number of nitrogens with zero attached hydrogens (tertiary/aromatic N) is 8. The highest BCUT2D eigenvalue weighted by Crippen LogP contribution is 2.40. The van der Waals surface area contributed by atoms with Crippen molar-refractivity contribution in [2.75, 3.05) is 49.2 Å². The van der Waals surface area contributed by atoms with Crippen LogP contribution in [-0.2, 0) is 21.8 Å². The summed E-state index contributed by atoms with van der Waals surface area (Å²) in [7, 11) is 0. The first-order valence-corrected chi connectivity index (χ1v) is 16.6. The van der Waals surface area contributed by atoms with Gasteiger partial charge in [0.1, 0.15) is 44.0 Å². The minimum Gasteiger partial charge on any atom is -0.491 e. The van der Waals surface area contributed by atoms with Crippen LogP contribution in [0.4, 0.5) is 11.4 Å². The summed E-state index contributed by atoms with van der Waals surface area (Å²) in [6.07, 6.45) is 4.32. The molecule has 7 rings (SSSR count). The SMILES string of the molecule is CC(C)n1ncn(-c2ccc(N3CCN(c4ccc(OC[C@H]5CO[C@](Cn6cncn6)(c6ccc(Cl)cc6Cl)O5)cc4)CC3)cc2)c1=O. The lowest BCUT2D eigenvalue weighted by Crippen LogP contribution is -2.46. The lowest BCUT2D eigenvalue weighted by Gasteiger charge is -2.37. The zero-order valence-electron chi connectivity index (χ0n) is 26.7. The number of ether oxygens (including phenoxy) is 3. The third-order valence-corrected chi connectivity index (χ3v) is 9.18. The molecule has 5 aromatic rings. The molecule has 0 bridgehead atoms. The number of benzene rings is 3. The molecule has 2 fully saturated rings. The molecule has 0 unspecified atom stereocenters. The predicted molar refractivity (Wildman–Crippen MR) is 184 cm³/mol. The molecule has 0 radical (unpaired) electrons. The average molecular weight is 692 g/mol. The number of rotatable bonds is 10. The molecular formula is C34H36Cl2N8O4. The Morgan fingerprint density at radius 1 is 0.896 bits per heavy atom. The number of piperazine rings is 1. The van der Waals surface area contributed by atoms with Crippen molar-refractivity contribution in [2.45, 2.75) is 38.3 Å². The Labute approximate surface area is 288 Å². The van der Waals surface area contributed by atoms with E-state index in [0.717, 1.165) is 49.0 Å². The Kier molecular flexibility index (Phi) is 9.15. The zero-order chi connectivity index (χ0) is 33.3. The van der Waals surface area contributed by atoms with E-state index >= 15 is 0 Å². The molecule has 0 saturated carbocycles. The van der Waals surface area contributed by atoms with Gasteiger partial charge in [-0.1, -0.05) is 29.3 Å². The second-order valence-corrected chi connectivity index (χ2v) is 13.0. The fourth-order valence-corrected chi connectivity index (χ4v) is 6.67. The van der Waals surface area contributed by atoms with Crippen molar-refractivity contribution in [2.24, 2.45) is 0 Å². The maximum absolute atomic E-state index is 12.6. The third-order valence-electron chi connectivity index (χ3n) is 8.63. The zero-order valence-corrected chi connectivity index (χ0v) is 28.2. The normalized spacial score (nSPS) is 19.7. The highest BCUT2D eigenvalue weighted by molar-refractivity contribution is 6.35. The van der Waals surface area contributed by atoms with Crippen molar-refractivity contribution in [3.8, 4) is 11.4 Å². The molecule has 2 aliphatic heterocycles. The molecule has 3 aromatic carbocycles. The fraction of sp³-hybridized carbons (Fsp3) is 0.353. The second-order valence-electron chi connectivity index (χ2n) is 12.1. The molecule has 2 atom stereocenters. The molecule has 0 spiro atoms. The molecule has 0 N–H and O–H groups in total. The average Bonchev–Trinajstić information content (AvgIpc) is 3.85. The molecule has 2 aromatic heterocycles. The topological polar surface area (TPSA) is 105 Å². The van der Waals surface area contributed by atoms with Crippen LogP contribution in [0, 0.1) is 0 Å². The highest BCUT2D eigenvalue weighted by Gasteiger charge is 2.45. The molecule has 4 heterocycles. The van der Waals surface area contributed by atoms with Gasteiger partial charge >= 0.3 is 5.69 Å². The third kappa shape index (κ3) is 6.66. The van der Waals surface area contributed by atoms with E-state index in [0.29, 0.717) is 28.8 Å². The molecular weight excluding hydrogens is 655 g/mol. The van der Waals surface area contributed by atoms with Crippen molar-refractivity contribution < 1.29 is 14.2 Å².